The van der Waals surface area contributed by atoms with E-state index in [1.807, 2.05) is 27.7 Å². The molecule has 4 nitrogen and oxygen atoms in total. The molecule has 2 aliphatic rings. The van der Waals surface area contributed by atoms with E-state index in [9.17, 15) is 9.59 Å². The van der Waals surface area contributed by atoms with Crippen molar-refractivity contribution in [1.82, 2.24) is 5.32 Å². The Labute approximate surface area is 102 Å². The molecular weight excluding hydrogens is 218 g/mol. The molecule has 2 fully saturated rings. The molecule has 2 atom stereocenters. The summed E-state index contributed by atoms with van der Waals surface area (Å²) in [6.07, 6.45) is 2.25. The van der Waals surface area contributed by atoms with Gasteiger partial charge in [0.1, 0.15) is 0 Å². The first kappa shape index (κ1) is 12.4. The first-order valence-electron chi connectivity index (χ1n) is 6.33. The predicted octanol–water partition coefficient (Wildman–Crippen LogP) is 1.63. The number of ether oxygens (including phenoxy) is 1. The fourth-order valence-electron chi connectivity index (χ4n) is 3.13. The Morgan fingerprint density at radius 1 is 1.35 bits per heavy atom. The summed E-state index contributed by atoms with van der Waals surface area (Å²) in [5, 5.41) is 2.87. The van der Waals surface area contributed by atoms with Crippen molar-refractivity contribution >= 4 is 11.9 Å². The van der Waals surface area contributed by atoms with Crippen molar-refractivity contribution < 1.29 is 14.3 Å². The van der Waals surface area contributed by atoms with Gasteiger partial charge in [-0.05, 0) is 26.2 Å². The van der Waals surface area contributed by atoms with Crippen LogP contribution in [-0.4, -0.2) is 24.0 Å². The molecule has 2 rings (SSSR count). The Morgan fingerprint density at radius 3 is 2.41 bits per heavy atom. The Hall–Kier alpha value is -1.06. The minimum Gasteiger partial charge on any atom is -0.448 e. The summed E-state index contributed by atoms with van der Waals surface area (Å²) in [4.78, 5) is 24.3. The number of hydrogen-bond acceptors (Lipinski definition) is 3. The maximum absolute atomic E-state index is 12.3. The zero-order valence-electron chi connectivity index (χ0n) is 11.1. The molecule has 0 aromatic rings. The third-order valence-electron chi connectivity index (χ3n) is 4.99. The Bertz CT molecular complexity index is 377. The number of nitrogens with one attached hydrogen (secondary N) is 1. The highest BCUT2D eigenvalue weighted by molar-refractivity contribution is 5.96. The minimum absolute atomic E-state index is 0.126. The van der Waals surface area contributed by atoms with Crippen LogP contribution < -0.4 is 5.32 Å². The third kappa shape index (κ3) is 1.24. The lowest BCUT2D eigenvalue weighted by Crippen LogP contribution is -2.53. The summed E-state index contributed by atoms with van der Waals surface area (Å²) in [6, 6.07) is 0. The summed E-state index contributed by atoms with van der Waals surface area (Å²) in [7, 11) is 0. The third-order valence-corrected chi connectivity index (χ3v) is 4.99. The van der Waals surface area contributed by atoms with Crippen molar-refractivity contribution in [1.29, 1.82) is 0 Å². The van der Waals surface area contributed by atoms with Gasteiger partial charge in [-0.15, -0.1) is 0 Å². The summed E-state index contributed by atoms with van der Waals surface area (Å²) < 4.78 is 5.47. The second-order valence-corrected chi connectivity index (χ2v) is 5.93. The van der Waals surface area contributed by atoms with E-state index < -0.39 is 16.4 Å². The van der Waals surface area contributed by atoms with E-state index in [4.69, 9.17) is 4.74 Å². The van der Waals surface area contributed by atoms with Gasteiger partial charge >= 0.3 is 5.97 Å². The molecule has 1 saturated heterocycles. The maximum atomic E-state index is 12.3. The van der Waals surface area contributed by atoms with Crippen LogP contribution in [0.15, 0.2) is 0 Å². The zero-order chi connectivity index (χ0) is 12.9. The van der Waals surface area contributed by atoms with E-state index in [0.717, 1.165) is 12.8 Å². The fourth-order valence-corrected chi connectivity index (χ4v) is 3.13. The van der Waals surface area contributed by atoms with E-state index in [1.54, 1.807) is 0 Å². The standard InChI is InChI=1S/C13H21NO3/c1-5-8-14-9(15)13-7-6-12(4,10(16)17-13)11(13,2)3/h5-8H2,1-4H3,(H,14,15)/t12-,13-/m0/s1. The van der Waals surface area contributed by atoms with Gasteiger partial charge in [0.15, 0.2) is 5.60 Å². The second-order valence-electron chi connectivity index (χ2n) is 5.93. The van der Waals surface area contributed by atoms with Crippen LogP contribution >= 0.6 is 0 Å². The molecule has 4 heteroatoms. The lowest BCUT2D eigenvalue weighted by Gasteiger charge is -2.35. The summed E-state index contributed by atoms with van der Waals surface area (Å²) in [6.45, 7) is 8.48. The number of fused-ring (bicyclic) bond motifs is 2. The van der Waals surface area contributed by atoms with Crippen molar-refractivity contribution in [2.24, 2.45) is 10.8 Å². The van der Waals surface area contributed by atoms with Crippen LogP contribution in [0.5, 0.6) is 0 Å². The molecule has 0 aromatic heterocycles. The number of carbonyl (C=O) groups is 2. The molecule has 1 aliphatic heterocycles. The topological polar surface area (TPSA) is 55.4 Å². The van der Waals surface area contributed by atoms with Gasteiger partial charge in [-0.3, -0.25) is 9.59 Å². The molecule has 0 aromatic carbocycles. The van der Waals surface area contributed by atoms with Gasteiger partial charge in [0.2, 0.25) is 0 Å². The average molecular weight is 239 g/mol. The first-order valence-corrected chi connectivity index (χ1v) is 6.33. The predicted molar refractivity (Wildman–Crippen MR) is 63.2 cm³/mol. The zero-order valence-corrected chi connectivity index (χ0v) is 11.1. The Morgan fingerprint density at radius 2 is 2.00 bits per heavy atom. The van der Waals surface area contributed by atoms with Gasteiger partial charge in [-0.2, -0.15) is 0 Å². The molecule has 96 valence electrons. The molecule has 1 N–H and O–H groups in total. The second kappa shape index (κ2) is 3.47. The molecule has 1 amide bonds. The molecule has 2 bridgehead atoms. The Balaban J connectivity index is 2.33. The van der Waals surface area contributed by atoms with Crippen LogP contribution in [0.3, 0.4) is 0 Å². The number of amides is 1. The number of hydrogen-bond donors (Lipinski definition) is 1. The van der Waals surface area contributed by atoms with Crippen LogP contribution in [-0.2, 0) is 14.3 Å². The van der Waals surface area contributed by atoms with Crippen LogP contribution in [0, 0.1) is 10.8 Å². The minimum atomic E-state index is -0.950. The lowest BCUT2D eigenvalue weighted by molar-refractivity contribution is -0.168. The van der Waals surface area contributed by atoms with Crippen molar-refractivity contribution in [3.8, 4) is 0 Å². The summed E-state index contributed by atoms with van der Waals surface area (Å²) in [5.74, 6) is -0.348. The monoisotopic (exact) mass is 239 g/mol. The first-order chi connectivity index (χ1) is 7.82. The summed E-state index contributed by atoms with van der Waals surface area (Å²) in [5.41, 5.74) is -1.90. The van der Waals surface area contributed by atoms with E-state index in [-0.39, 0.29) is 11.9 Å². The quantitative estimate of drug-likeness (QED) is 0.762. The van der Waals surface area contributed by atoms with E-state index in [2.05, 4.69) is 5.32 Å². The van der Waals surface area contributed by atoms with Gasteiger partial charge in [-0.25, -0.2) is 0 Å². The van der Waals surface area contributed by atoms with Crippen molar-refractivity contribution in [3.63, 3.8) is 0 Å². The van der Waals surface area contributed by atoms with Gasteiger partial charge < -0.3 is 10.1 Å². The van der Waals surface area contributed by atoms with Crippen LogP contribution in [0.2, 0.25) is 0 Å². The lowest BCUT2D eigenvalue weighted by atomic mass is 9.66. The summed E-state index contributed by atoms with van der Waals surface area (Å²) >= 11 is 0. The molecule has 0 radical (unpaired) electrons. The van der Waals surface area contributed by atoms with Gasteiger partial charge in [0.25, 0.3) is 5.91 Å². The molecule has 17 heavy (non-hydrogen) atoms. The molecule has 0 spiro atoms. The van der Waals surface area contributed by atoms with Crippen LogP contribution in [0.1, 0.15) is 47.0 Å². The van der Waals surface area contributed by atoms with Gasteiger partial charge in [-0.1, -0.05) is 20.8 Å². The maximum Gasteiger partial charge on any atom is 0.313 e. The smallest absolute Gasteiger partial charge is 0.313 e. The van der Waals surface area contributed by atoms with Crippen molar-refractivity contribution in [3.05, 3.63) is 0 Å². The van der Waals surface area contributed by atoms with Crippen LogP contribution in [0.25, 0.3) is 0 Å². The highest BCUT2D eigenvalue weighted by atomic mass is 16.6. The fraction of sp³-hybridized carbons (Fsp3) is 0.846. The number of rotatable bonds is 3. The van der Waals surface area contributed by atoms with Crippen molar-refractivity contribution in [2.75, 3.05) is 6.54 Å². The molecule has 0 unspecified atom stereocenters. The molecule has 1 saturated carbocycles. The van der Waals surface area contributed by atoms with E-state index in [0.29, 0.717) is 13.0 Å². The van der Waals surface area contributed by atoms with E-state index in [1.165, 1.54) is 0 Å². The normalized spacial score (nSPS) is 38.0. The van der Waals surface area contributed by atoms with Crippen molar-refractivity contribution in [2.45, 2.75) is 52.6 Å². The highest BCUT2D eigenvalue weighted by Crippen LogP contribution is 2.65. The SMILES string of the molecule is CCCNC(=O)[C@]12CC[C@@](C)(C(=O)O1)C2(C)C. The molecule has 1 aliphatic carbocycles. The van der Waals surface area contributed by atoms with Crippen LogP contribution in [0.4, 0.5) is 0 Å². The molecular formula is C13H21NO3. The number of carbonyl (C=O) groups excluding carboxylic acids is 2. The van der Waals surface area contributed by atoms with E-state index >= 15 is 0 Å². The van der Waals surface area contributed by atoms with Gasteiger partial charge in [0.05, 0.1) is 5.41 Å². The average Bonchev–Trinajstić information content (AvgIpc) is 2.56. The molecule has 1 heterocycles. The van der Waals surface area contributed by atoms with Gasteiger partial charge in [0, 0.05) is 12.0 Å². The Kier molecular flexibility index (Phi) is 2.53. The largest absolute Gasteiger partial charge is 0.448 e. The highest BCUT2D eigenvalue weighted by Gasteiger charge is 2.75. The number of esters is 1.